The smallest absolute Gasteiger partial charge is 0.329 e. The van der Waals surface area contributed by atoms with Gasteiger partial charge in [0.1, 0.15) is 12.6 Å². The molecule has 1 atom stereocenters. The second kappa shape index (κ2) is 7.75. The van der Waals surface area contributed by atoms with Crippen molar-refractivity contribution in [2.75, 3.05) is 0 Å². The summed E-state index contributed by atoms with van der Waals surface area (Å²) in [5, 5.41) is 4.44. The maximum absolute atomic E-state index is 12.4. The third-order valence-corrected chi connectivity index (χ3v) is 4.89. The lowest BCUT2D eigenvalue weighted by molar-refractivity contribution is -0.148. The van der Waals surface area contributed by atoms with Crippen LogP contribution in [0.2, 0.25) is 0 Å². The summed E-state index contributed by atoms with van der Waals surface area (Å²) < 4.78 is 11.8. The lowest BCUT2D eigenvalue weighted by Gasteiger charge is -2.20. The average molecular weight is 389 g/mol. The van der Waals surface area contributed by atoms with Crippen molar-refractivity contribution in [1.29, 1.82) is 0 Å². The number of carbonyl (C=O) groups is 2. The van der Waals surface area contributed by atoms with Crippen molar-refractivity contribution in [3.63, 3.8) is 0 Å². The minimum Gasteiger partial charge on any atom is -0.459 e. The van der Waals surface area contributed by atoms with Crippen LogP contribution in [0, 0.1) is 12.8 Å². The largest absolute Gasteiger partial charge is 0.459 e. The predicted octanol–water partition coefficient (Wildman–Crippen LogP) is 2.16. The van der Waals surface area contributed by atoms with Crippen molar-refractivity contribution in [1.82, 2.24) is 14.7 Å². The maximum atomic E-state index is 12.4. The Balaban J connectivity index is 1.69. The highest BCUT2D eigenvalue weighted by atomic mass is 32.1. The molecular formula is C18H19N3O5S. The highest BCUT2D eigenvalue weighted by molar-refractivity contribution is 7.15. The highest BCUT2D eigenvalue weighted by Gasteiger charge is 2.27. The van der Waals surface area contributed by atoms with E-state index < -0.39 is 17.9 Å². The number of amides is 1. The molecular weight excluding hydrogens is 370 g/mol. The van der Waals surface area contributed by atoms with E-state index in [1.54, 1.807) is 19.9 Å². The van der Waals surface area contributed by atoms with Gasteiger partial charge in [-0.3, -0.25) is 14.0 Å². The van der Waals surface area contributed by atoms with Gasteiger partial charge in [-0.1, -0.05) is 13.8 Å². The molecule has 8 nitrogen and oxygen atoms in total. The number of nitrogens with one attached hydrogen (secondary N) is 1. The van der Waals surface area contributed by atoms with Crippen LogP contribution in [0.1, 0.15) is 35.8 Å². The summed E-state index contributed by atoms with van der Waals surface area (Å²) in [6.07, 6.45) is 1.38. The molecule has 9 heteroatoms. The minimum absolute atomic E-state index is 0.113. The molecule has 0 saturated carbocycles. The fourth-order valence-corrected chi connectivity index (χ4v) is 3.42. The Labute approximate surface area is 158 Å². The van der Waals surface area contributed by atoms with Crippen LogP contribution >= 0.6 is 11.3 Å². The standard InChI is InChI=1S/C18H19N3O5S/c1-10(2)15(20-16(23)13-5-4-6-25-13)17(24)26-8-12-7-14(22)21-11(3)9-27-18(21)19-12/h4-7,9-10,15H,8H2,1-3H3,(H,20,23)/t15-/m0/s1. The Morgan fingerprint density at radius 1 is 1.41 bits per heavy atom. The van der Waals surface area contributed by atoms with E-state index in [1.165, 1.54) is 34.1 Å². The molecule has 3 aromatic heterocycles. The summed E-state index contributed by atoms with van der Waals surface area (Å²) in [6.45, 7) is 5.25. The number of carbonyl (C=O) groups excluding carboxylic acids is 2. The number of furan rings is 1. The van der Waals surface area contributed by atoms with Gasteiger partial charge in [-0.15, -0.1) is 11.3 Å². The zero-order valence-electron chi connectivity index (χ0n) is 15.1. The Morgan fingerprint density at radius 2 is 2.19 bits per heavy atom. The second-order valence-corrected chi connectivity index (χ2v) is 7.20. The molecule has 0 unspecified atom stereocenters. The van der Waals surface area contributed by atoms with E-state index in [0.29, 0.717) is 10.7 Å². The topological polar surface area (TPSA) is 103 Å². The number of ether oxygens (including phenoxy) is 1. The molecule has 0 aromatic carbocycles. The summed E-state index contributed by atoms with van der Waals surface area (Å²) in [7, 11) is 0. The summed E-state index contributed by atoms with van der Waals surface area (Å²) in [5.74, 6) is -1.18. The zero-order valence-corrected chi connectivity index (χ0v) is 15.9. The van der Waals surface area contributed by atoms with Gasteiger partial charge in [0.15, 0.2) is 10.7 Å². The molecule has 0 spiro atoms. The SMILES string of the molecule is Cc1csc2nc(COC(=O)[C@@H](NC(=O)c3ccco3)C(C)C)cc(=O)n12. The quantitative estimate of drug-likeness (QED) is 0.648. The first-order valence-corrected chi connectivity index (χ1v) is 9.22. The van der Waals surface area contributed by atoms with Crippen LogP contribution in [0.15, 0.2) is 39.1 Å². The number of fused-ring (bicyclic) bond motifs is 1. The number of nitrogens with zero attached hydrogens (tertiary/aromatic N) is 2. The van der Waals surface area contributed by atoms with Crippen molar-refractivity contribution < 1.29 is 18.7 Å². The van der Waals surface area contributed by atoms with Gasteiger partial charge in [0.05, 0.1) is 12.0 Å². The number of thiazole rings is 1. The van der Waals surface area contributed by atoms with Crippen LogP contribution in [-0.4, -0.2) is 27.3 Å². The third-order valence-electron chi connectivity index (χ3n) is 3.94. The molecule has 0 saturated heterocycles. The monoisotopic (exact) mass is 389 g/mol. The van der Waals surface area contributed by atoms with Gasteiger partial charge >= 0.3 is 5.97 Å². The molecule has 3 heterocycles. The number of aromatic nitrogens is 2. The van der Waals surface area contributed by atoms with Gasteiger partial charge in [0.25, 0.3) is 11.5 Å². The van der Waals surface area contributed by atoms with E-state index in [-0.39, 0.29) is 23.8 Å². The number of rotatable bonds is 6. The van der Waals surface area contributed by atoms with Gasteiger partial charge in [-0.25, -0.2) is 9.78 Å². The molecule has 1 N–H and O–H groups in total. The first-order chi connectivity index (χ1) is 12.9. The number of aryl methyl sites for hydroxylation is 1. The maximum Gasteiger partial charge on any atom is 0.329 e. The van der Waals surface area contributed by atoms with Gasteiger partial charge in [-0.05, 0) is 25.0 Å². The first-order valence-electron chi connectivity index (χ1n) is 8.34. The van der Waals surface area contributed by atoms with Crippen molar-refractivity contribution in [2.24, 2.45) is 5.92 Å². The molecule has 0 aliphatic rings. The van der Waals surface area contributed by atoms with Gasteiger partial charge in [0, 0.05) is 17.1 Å². The summed E-state index contributed by atoms with van der Waals surface area (Å²) in [5.41, 5.74) is 0.933. The lowest BCUT2D eigenvalue weighted by Crippen LogP contribution is -2.45. The molecule has 0 bridgehead atoms. The Hall–Kier alpha value is -2.94. The molecule has 142 valence electrons. The van der Waals surface area contributed by atoms with Crippen molar-refractivity contribution in [3.05, 3.63) is 57.3 Å². The van der Waals surface area contributed by atoms with Gasteiger partial charge < -0.3 is 14.5 Å². The van der Waals surface area contributed by atoms with Crippen LogP contribution in [0.4, 0.5) is 0 Å². The van der Waals surface area contributed by atoms with Crippen molar-refractivity contribution in [3.8, 4) is 0 Å². The molecule has 0 aliphatic heterocycles. The van der Waals surface area contributed by atoms with E-state index in [2.05, 4.69) is 10.3 Å². The first kappa shape index (κ1) is 18.8. The fourth-order valence-electron chi connectivity index (χ4n) is 2.53. The molecule has 1 amide bonds. The molecule has 0 aliphatic carbocycles. The van der Waals surface area contributed by atoms with E-state index in [9.17, 15) is 14.4 Å². The van der Waals surface area contributed by atoms with E-state index >= 15 is 0 Å². The highest BCUT2D eigenvalue weighted by Crippen LogP contribution is 2.13. The number of esters is 1. The zero-order chi connectivity index (χ0) is 19.6. The predicted molar refractivity (Wildman–Crippen MR) is 98.7 cm³/mol. The summed E-state index contributed by atoms with van der Waals surface area (Å²) >= 11 is 1.34. The third kappa shape index (κ3) is 4.08. The molecule has 27 heavy (non-hydrogen) atoms. The van der Waals surface area contributed by atoms with Crippen LogP contribution in [0.5, 0.6) is 0 Å². The average Bonchev–Trinajstić information content (AvgIpc) is 3.27. The second-order valence-electron chi connectivity index (χ2n) is 6.36. The fraction of sp³-hybridized carbons (Fsp3) is 0.333. The van der Waals surface area contributed by atoms with Crippen molar-refractivity contribution >= 4 is 28.2 Å². The molecule has 0 radical (unpaired) electrons. The minimum atomic E-state index is -0.851. The lowest BCUT2D eigenvalue weighted by atomic mass is 10.0. The summed E-state index contributed by atoms with van der Waals surface area (Å²) in [6, 6.07) is 3.58. The van der Waals surface area contributed by atoms with Gasteiger partial charge in [0.2, 0.25) is 0 Å². The van der Waals surface area contributed by atoms with E-state index in [4.69, 9.17) is 9.15 Å². The molecule has 3 aromatic rings. The normalized spacial score (nSPS) is 12.3. The molecule has 3 rings (SSSR count). The van der Waals surface area contributed by atoms with Crippen LogP contribution in [-0.2, 0) is 16.1 Å². The van der Waals surface area contributed by atoms with E-state index in [1.807, 2.05) is 12.3 Å². The Kier molecular flexibility index (Phi) is 5.41. The van der Waals surface area contributed by atoms with E-state index in [0.717, 1.165) is 5.69 Å². The Morgan fingerprint density at radius 3 is 2.85 bits per heavy atom. The van der Waals surface area contributed by atoms with Crippen molar-refractivity contribution in [2.45, 2.75) is 33.4 Å². The Bertz CT molecular complexity index is 1020. The van der Waals surface area contributed by atoms with Crippen LogP contribution in [0.3, 0.4) is 0 Å². The van der Waals surface area contributed by atoms with Crippen LogP contribution in [0.25, 0.3) is 4.96 Å². The van der Waals surface area contributed by atoms with Crippen LogP contribution < -0.4 is 10.9 Å². The number of hydrogen-bond acceptors (Lipinski definition) is 7. The number of hydrogen-bond donors (Lipinski definition) is 1. The van der Waals surface area contributed by atoms with Gasteiger partial charge in [-0.2, -0.15) is 0 Å². The summed E-state index contributed by atoms with van der Waals surface area (Å²) in [4.78, 5) is 41.6. The molecule has 0 fully saturated rings.